The molecule has 9 aliphatic carbocycles. The number of carbonyl (C=O) groups is 2. The molecule has 10 heteroatoms. The predicted octanol–water partition coefficient (Wildman–Crippen LogP) is 5.30. The van der Waals surface area contributed by atoms with Crippen LogP contribution in [0.1, 0.15) is 129 Å². The highest BCUT2D eigenvalue weighted by Crippen LogP contribution is 2.78. The number of fused-ring (bicyclic) bond motifs is 4. The maximum Gasteiger partial charge on any atom is 0.332 e. The number of esters is 1. The van der Waals surface area contributed by atoms with Crippen LogP contribution < -0.4 is 10.6 Å². The summed E-state index contributed by atoms with van der Waals surface area (Å²) in [6.07, 6.45) is 21.6. The van der Waals surface area contributed by atoms with Crippen molar-refractivity contribution in [3.05, 3.63) is 35.5 Å². The lowest BCUT2D eigenvalue weighted by atomic mass is 9.34. The van der Waals surface area contributed by atoms with Crippen molar-refractivity contribution in [2.45, 2.75) is 164 Å². The van der Waals surface area contributed by atoms with Gasteiger partial charge in [-0.2, -0.15) is 0 Å². The summed E-state index contributed by atoms with van der Waals surface area (Å²) in [7, 11) is 1.92. The van der Waals surface area contributed by atoms with Gasteiger partial charge in [0.15, 0.2) is 5.60 Å². The molecule has 332 valence electrons. The van der Waals surface area contributed by atoms with Gasteiger partial charge in [-0.15, -0.1) is 0 Å². The Bertz CT molecular complexity index is 1790. The van der Waals surface area contributed by atoms with Gasteiger partial charge in [0.25, 0.3) is 0 Å². The molecule has 0 amide bonds. The summed E-state index contributed by atoms with van der Waals surface area (Å²) < 4.78 is 6.41. The standard InChI is InChI=1S/C50H74N2O8/c1-3-4-5-13-32-26-46(29-53)40-16-19-45-17-8-9-18-47-34(28-52-21-20-51-2)22-33(42(45)37(47)25-41(54)60-47)27-48(45,57)50(40,59)44(56)39-24-36-31(23-38(43(32)55)49(39,46)58)14-10-15-35(36)30-11-6-7-12-30/h10,14,22,25,29-33,35-36,38-40,42-44,51-52,55-59H,3-9,11-13,15-21,23-24,26-28H2,1-2H3/t31-,32-,33+,35+,36+,38+,39-,40-,42-,43+,44+,45-,46+,47-,48-,49-,50-/m1/s1. The average molecular weight is 831 g/mol. The van der Waals surface area contributed by atoms with Crippen LogP contribution in [0.2, 0.25) is 0 Å². The molecule has 1 heterocycles. The maximum absolute atomic E-state index is 14.6. The van der Waals surface area contributed by atoms with E-state index in [0.717, 1.165) is 75.5 Å². The van der Waals surface area contributed by atoms with Crippen molar-refractivity contribution in [1.29, 1.82) is 0 Å². The third kappa shape index (κ3) is 5.36. The Morgan fingerprint density at radius 3 is 2.47 bits per heavy atom. The zero-order valence-electron chi connectivity index (χ0n) is 36.3. The van der Waals surface area contributed by atoms with Crippen molar-refractivity contribution in [3.63, 3.8) is 0 Å². The van der Waals surface area contributed by atoms with Crippen LogP contribution in [0.5, 0.6) is 0 Å². The molecule has 0 aromatic carbocycles. The number of aliphatic hydroxyl groups is 5. The van der Waals surface area contributed by atoms with Gasteiger partial charge in [-0.1, -0.05) is 76.5 Å². The van der Waals surface area contributed by atoms with Gasteiger partial charge >= 0.3 is 5.97 Å². The molecular weight excluding hydrogens is 757 g/mol. The first kappa shape index (κ1) is 42.1. The van der Waals surface area contributed by atoms with Crippen LogP contribution in [-0.2, 0) is 14.3 Å². The van der Waals surface area contributed by atoms with E-state index in [1.54, 1.807) is 6.08 Å². The molecule has 7 saturated carbocycles. The molecule has 0 radical (unpaired) electrons. The molecular formula is C50H74N2O8. The molecule has 0 aromatic rings. The summed E-state index contributed by atoms with van der Waals surface area (Å²) in [5.41, 5.74) is -7.08. The van der Waals surface area contributed by atoms with E-state index in [0.29, 0.717) is 56.9 Å². The van der Waals surface area contributed by atoms with Gasteiger partial charge in [-0.05, 0) is 130 Å². The van der Waals surface area contributed by atoms with Crippen LogP contribution in [0.25, 0.3) is 0 Å². The first-order valence-corrected chi connectivity index (χ1v) is 24.6. The Morgan fingerprint density at radius 1 is 0.900 bits per heavy atom. The number of aliphatic hydroxyl groups excluding tert-OH is 2. The van der Waals surface area contributed by atoms with E-state index in [1.165, 1.54) is 25.7 Å². The van der Waals surface area contributed by atoms with E-state index in [4.69, 9.17) is 4.74 Å². The number of hydrogen-bond acceptors (Lipinski definition) is 10. The predicted molar refractivity (Wildman–Crippen MR) is 227 cm³/mol. The topological polar surface area (TPSA) is 169 Å². The number of hydrogen-bond donors (Lipinski definition) is 7. The molecule has 0 aromatic heterocycles. The van der Waals surface area contributed by atoms with Crippen LogP contribution in [-0.4, -0.2) is 99.1 Å². The molecule has 0 unspecified atom stereocenters. The third-order valence-electron chi connectivity index (χ3n) is 20.2. The lowest BCUT2D eigenvalue weighted by Crippen LogP contribution is -2.86. The summed E-state index contributed by atoms with van der Waals surface area (Å²) >= 11 is 0. The highest BCUT2D eigenvalue weighted by molar-refractivity contribution is 5.88. The lowest BCUT2D eigenvalue weighted by Gasteiger charge is -2.74. The minimum atomic E-state index is -2.13. The molecule has 1 aliphatic heterocycles. The molecule has 60 heavy (non-hydrogen) atoms. The molecule has 1 spiro atoms. The number of rotatable bonds is 11. The van der Waals surface area contributed by atoms with Crippen molar-refractivity contribution in [2.75, 3.05) is 26.7 Å². The molecule has 0 saturated heterocycles. The van der Waals surface area contributed by atoms with Crippen LogP contribution in [0.15, 0.2) is 35.5 Å². The average Bonchev–Trinajstić information content (AvgIpc) is 3.92. The SMILES string of the molecule is CCCCC[C@@H]1C[C@]2(C=O)[C@H]3CC[C@]45CCCC[C@]67OC(=O)C=C6[C@H]4[C@@H](C=C7CNCCNC)C[C@]5(O)[C@]3(O)[C@@H](O)[C@H]3C[C@H]4[C@H](C=CC[C@H]4C4CCCC4)C[C@@H]([C@H]1O)[C@@]32O. The van der Waals surface area contributed by atoms with Crippen LogP contribution >= 0.6 is 0 Å². The second-order valence-corrected chi connectivity index (χ2v) is 22.1. The van der Waals surface area contributed by atoms with E-state index in [-0.39, 0.29) is 48.4 Å². The molecule has 10 aliphatic rings. The molecule has 10 nitrogen and oxygen atoms in total. The highest BCUT2D eigenvalue weighted by atomic mass is 16.6. The molecule has 17 atom stereocenters. The zero-order valence-corrected chi connectivity index (χ0v) is 36.3. The number of nitrogens with one attached hydrogen (secondary N) is 2. The Balaban J connectivity index is 1.13. The zero-order chi connectivity index (χ0) is 41.9. The van der Waals surface area contributed by atoms with E-state index in [2.05, 4.69) is 35.8 Å². The maximum atomic E-state index is 14.6. The summed E-state index contributed by atoms with van der Waals surface area (Å²) in [5.74, 6) is -2.49. The van der Waals surface area contributed by atoms with Gasteiger partial charge in [0, 0.05) is 48.9 Å². The summed E-state index contributed by atoms with van der Waals surface area (Å²) in [5, 5.41) is 75.3. The van der Waals surface area contributed by atoms with Gasteiger partial charge in [-0.3, -0.25) is 0 Å². The van der Waals surface area contributed by atoms with Crippen molar-refractivity contribution < 1.29 is 39.9 Å². The minimum Gasteiger partial charge on any atom is -0.447 e. The Hall–Kier alpha value is -1.92. The number of unbranched alkanes of at least 4 members (excludes halogenated alkanes) is 2. The molecule has 7 N–H and O–H groups in total. The van der Waals surface area contributed by atoms with Crippen molar-refractivity contribution in [1.82, 2.24) is 10.6 Å². The largest absolute Gasteiger partial charge is 0.447 e. The van der Waals surface area contributed by atoms with Gasteiger partial charge < -0.3 is 45.7 Å². The van der Waals surface area contributed by atoms with Gasteiger partial charge in [0.1, 0.15) is 17.5 Å². The van der Waals surface area contributed by atoms with Gasteiger partial charge in [-0.25, -0.2) is 4.79 Å². The fourth-order valence-electron chi connectivity index (χ4n) is 17.9. The van der Waals surface area contributed by atoms with E-state index in [1.807, 2.05) is 7.05 Å². The summed E-state index contributed by atoms with van der Waals surface area (Å²) in [6, 6.07) is 0. The number of allylic oxidation sites excluding steroid dienone is 3. The molecule has 10 rings (SSSR count). The van der Waals surface area contributed by atoms with Crippen molar-refractivity contribution >= 4 is 12.3 Å². The van der Waals surface area contributed by atoms with E-state index < -0.39 is 63.2 Å². The molecule has 2 bridgehead atoms. The lowest BCUT2D eigenvalue weighted by molar-refractivity contribution is -0.379. The number of carbonyl (C=O) groups excluding carboxylic acids is 2. The number of ether oxygens (including phenoxy) is 1. The fraction of sp³-hybridized carbons (Fsp3) is 0.840. The smallest absolute Gasteiger partial charge is 0.332 e. The Kier molecular flexibility index (Phi) is 10.6. The Morgan fingerprint density at radius 2 is 1.70 bits per heavy atom. The van der Waals surface area contributed by atoms with Crippen LogP contribution in [0.4, 0.5) is 0 Å². The number of likely N-dealkylation sites (N-methyl/N-ethyl adjacent to an activating group) is 1. The monoisotopic (exact) mass is 831 g/mol. The van der Waals surface area contributed by atoms with E-state index in [9.17, 15) is 35.1 Å². The molecule has 7 fully saturated rings. The Labute approximate surface area is 357 Å². The quantitative estimate of drug-likeness (QED) is 0.0629. The fourth-order valence-corrected chi connectivity index (χ4v) is 17.9. The number of aldehydes is 1. The highest BCUT2D eigenvalue weighted by Gasteiger charge is 2.86. The van der Waals surface area contributed by atoms with E-state index >= 15 is 0 Å². The van der Waals surface area contributed by atoms with Crippen LogP contribution in [0.3, 0.4) is 0 Å². The normalized spacial score (nSPS) is 51.4. The van der Waals surface area contributed by atoms with Crippen LogP contribution in [0, 0.1) is 70.0 Å². The second kappa shape index (κ2) is 15.1. The summed E-state index contributed by atoms with van der Waals surface area (Å²) in [6.45, 7) is 4.21. The minimum absolute atomic E-state index is 0.0841. The van der Waals surface area contributed by atoms with Crippen molar-refractivity contribution in [3.8, 4) is 0 Å². The first-order valence-electron chi connectivity index (χ1n) is 24.6. The summed E-state index contributed by atoms with van der Waals surface area (Å²) in [4.78, 5) is 28.1. The van der Waals surface area contributed by atoms with Crippen molar-refractivity contribution in [2.24, 2.45) is 70.0 Å². The first-order chi connectivity index (χ1) is 28.9. The third-order valence-corrected chi connectivity index (χ3v) is 20.2. The van der Waals surface area contributed by atoms with Gasteiger partial charge in [0.2, 0.25) is 0 Å². The second-order valence-electron chi connectivity index (χ2n) is 22.1. The van der Waals surface area contributed by atoms with Gasteiger partial charge in [0.05, 0.1) is 23.2 Å².